The lowest BCUT2D eigenvalue weighted by Gasteiger charge is -2.40. The Morgan fingerprint density at radius 3 is 2.58 bits per heavy atom. The lowest BCUT2D eigenvalue weighted by Crippen LogP contribution is -2.47. The molecule has 0 saturated heterocycles. The van der Waals surface area contributed by atoms with Gasteiger partial charge in [-0.1, -0.05) is 13.3 Å². The Hall–Kier alpha value is -1.10. The minimum Gasteiger partial charge on any atom is -0.481 e. The number of nitrogens with one attached hydrogen (secondary N) is 1. The van der Waals surface area contributed by atoms with E-state index in [-0.39, 0.29) is 23.7 Å². The summed E-state index contributed by atoms with van der Waals surface area (Å²) in [6.45, 7) is 5.51. The maximum Gasteiger partial charge on any atom is 0.303 e. The fourth-order valence-corrected chi connectivity index (χ4v) is 2.43. The van der Waals surface area contributed by atoms with Crippen LogP contribution in [-0.2, 0) is 14.3 Å². The fraction of sp³-hybridized carbons (Fsp3) is 0.857. The molecule has 1 saturated carbocycles. The van der Waals surface area contributed by atoms with Gasteiger partial charge >= 0.3 is 5.97 Å². The van der Waals surface area contributed by atoms with Crippen molar-refractivity contribution >= 4 is 11.9 Å². The molecule has 0 spiro atoms. The van der Waals surface area contributed by atoms with Crippen molar-refractivity contribution in [2.24, 2.45) is 11.3 Å². The Morgan fingerprint density at radius 2 is 2.11 bits per heavy atom. The highest BCUT2D eigenvalue weighted by Gasteiger charge is 2.43. The first-order valence-electron chi connectivity index (χ1n) is 7.08. The van der Waals surface area contributed by atoms with Gasteiger partial charge in [0.2, 0.25) is 5.91 Å². The zero-order valence-corrected chi connectivity index (χ0v) is 11.9. The van der Waals surface area contributed by atoms with E-state index in [0.717, 1.165) is 25.7 Å². The molecule has 1 aliphatic rings. The first-order valence-corrected chi connectivity index (χ1v) is 7.08. The van der Waals surface area contributed by atoms with E-state index in [1.54, 1.807) is 0 Å². The van der Waals surface area contributed by atoms with Crippen molar-refractivity contribution in [3.8, 4) is 0 Å². The Labute approximate surface area is 114 Å². The van der Waals surface area contributed by atoms with E-state index in [1.807, 2.05) is 13.8 Å². The van der Waals surface area contributed by atoms with Gasteiger partial charge in [-0.3, -0.25) is 9.59 Å². The number of carbonyl (C=O) groups excluding carboxylic acids is 1. The average Bonchev–Trinajstić information content (AvgIpc) is 2.28. The summed E-state index contributed by atoms with van der Waals surface area (Å²) in [7, 11) is 0. The number of hydrogen-bond donors (Lipinski definition) is 2. The fourth-order valence-electron chi connectivity index (χ4n) is 2.43. The first kappa shape index (κ1) is 16.0. The third-order valence-electron chi connectivity index (χ3n) is 3.86. The predicted molar refractivity (Wildman–Crippen MR) is 71.8 cm³/mol. The van der Waals surface area contributed by atoms with E-state index in [4.69, 9.17) is 9.84 Å². The summed E-state index contributed by atoms with van der Waals surface area (Å²) < 4.78 is 5.34. The van der Waals surface area contributed by atoms with Gasteiger partial charge in [0.25, 0.3) is 0 Å². The zero-order chi connectivity index (χ0) is 14.3. The summed E-state index contributed by atoms with van der Waals surface area (Å²) >= 11 is 0. The van der Waals surface area contributed by atoms with Gasteiger partial charge < -0.3 is 15.2 Å². The Bertz CT molecular complexity index is 313. The number of amides is 1. The molecule has 1 atom stereocenters. The molecule has 0 aromatic heterocycles. The van der Waals surface area contributed by atoms with Gasteiger partial charge in [0.15, 0.2) is 0 Å². The molecule has 0 heterocycles. The van der Waals surface area contributed by atoms with E-state index in [0.29, 0.717) is 19.8 Å². The summed E-state index contributed by atoms with van der Waals surface area (Å²) in [5.41, 5.74) is -0.266. The number of carboxylic acid groups (broad SMARTS) is 1. The van der Waals surface area contributed by atoms with Crippen molar-refractivity contribution in [3.05, 3.63) is 0 Å². The van der Waals surface area contributed by atoms with Crippen LogP contribution in [0.4, 0.5) is 0 Å². The van der Waals surface area contributed by atoms with Crippen LogP contribution in [0.5, 0.6) is 0 Å². The van der Waals surface area contributed by atoms with Crippen LogP contribution in [0.3, 0.4) is 0 Å². The number of carbonyl (C=O) groups is 2. The monoisotopic (exact) mass is 271 g/mol. The average molecular weight is 271 g/mol. The molecular formula is C14H25NO4. The molecule has 5 nitrogen and oxygen atoms in total. The van der Waals surface area contributed by atoms with Crippen LogP contribution in [0.15, 0.2) is 0 Å². The molecule has 1 rings (SSSR count). The predicted octanol–water partition coefficient (Wildman–Crippen LogP) is 1.81. The Kier molecular flexibility index (Phi) is 6.28. The van der Waals surface area contributed by atoms with Crippen LogP contribution < -0.4 is 5.32 Å². The molecule has 0 radical (unpaired) electrons. The molecule has 1 fully saturated rings. The quantitative estimate of drug-likeness (QED) is 0.627. The van der Waals surface area contributed by atoms with E-state index in [9.17, 15) is 9.59 Å². The number of aliphatic carboxylic acids is 1. The highest BCUT2D eigenvalue weighted by atomic mass is 16.5. The first-order chi connectivity index (χ1) is 9.00. The molecule has 110 valence electrons. The second-order valence-electron chi connectivity index (χ2n) is 5.49. The van der Waals surface area contributed by atoms with Crippen molar-refractivity contribution < 1.29 is 19.4 Å². The van der Waals surface area contributed by atoms with Gasteiger partial charge in [0, 0.05) is 26.2 Å². The van der Waals surface area contributed by atoms with Crippen molar-refractivity contribution in [1.29, 1.82) is 0 Å². The molecule has 5 heteroatoms. The zero-order valence-electron chi connectivity index (χ0n) is 11.9. The number of carboxylic acids is 1. The van der Waals surface area contributed by atoms with Crippen molar-refractivity contribution in [3.63, 3.8) is 0 Å². The van der Waals surface area contributed by atoms with Gasteiger partial charge in [-0.2, -0.15) is 0 Å². The molecule has 1 amide bonds. The molecular weight excluding hydrogens is 246 g/mol. The summed E-state index contributed by atoms with van der Waals surface area (Å²) in [4.78, 5) is 22.8. The normalized spacial score (nSPS) is 18.4. The lowest BCUT2D eigenvalue weighted by atomic mass is 9.66. The van der Waals surface area contributed by atoms with E-state index in [1.165, 1.54) is 0 Å². The third kappa shape index (κ3) is 4.82. The maximum atomic E-state index is 12.2. The summed E-state index contributed by atoms with van der Waals surface area (Å²) in [5.74, 6) is -0.794. The second-order valence-corrected chi connectivity index (χ2v) is 5.49. The smallest absolute Gasteiger partial charge is 0.303 e. The molecule has 1 aliphatic carbocycles. The number of hydrogen-bond acceptors (Lipinski definition) is 3. The minimum atomic E-state index is -0.823. The van der Waals surface area contributed by atoms with E-state index in [2.05, 4.69) is 5.32 Å². The van der Waals surface area contributed by atoms with Crippen LogP contribution in [0.1, 0.15) is 46.0 Å². The Morgan fingerprint density at radius 1 is 1.42 bits per heavy atom. The summed E-state index contributed by atoms with van der Waals surface area (Å²) in [6, 6.07) is 0. The second kappa shape index (κ2) is 7.48. The van der Waals surface area contributed by atoms with Gasteiger partial charge in [0.1, 0.15) is 0 Å². The third-order valence-corrected chi connectivity index (χ3v) is 3.86. The molecule has 2 N–H and O–H groups in total. The highest BCUT2D eigenvalue weighted by Crippen LogP contribution is 2.44. The summed E-state index contributed by atoms with van der Waals surface area (Å²) in [6.07, 6.45) is 3.77. The number of rotatable bonds is 9. The molecule has 19 heavy (non-hydrogen) atoms. The van der Waals surface area contributed by atoms with Crippen molar-refractivity contribution in [2.75, 3.05) is 19.8 Å². The highest BCUT2D eigenvalue weighted by molar-refractivity contribution is 5.83. The van der Waals surface area contributed by atoms with Gasteiger partial charge in [-0.05, 0) is 32.1 Å². The SMILES string of the molecule is CCOCCC1(C(=O)NCC(C)CC(=O)O)CCC1. The lowest BCUT2D eigenvalue weighted by molar-refractivity contribution is -0.140. The summed E-state index contributed by atoms with van der Waals surface area (Å²) in [5, 5.41) is 11.6. The van der Waals surface area contributed by atoms with Crippen LogP contribution >= 0.6 is 0 Å². The largest absolute Gasteiger partial charge is 0.481 e. The van der Waals surface area contributed by atoms with Crippen LogP contribution in [0.25, 0.3) is 0 Å². The Balaban J connectivity index is 2.35. The number of ether oxygens (including phenoxy) is 1. The van der Waals surface area contributed by atoms with Crippen LogP contribution in [-0.4, -0.2) is 36.7 Å². The molecule has 0 aromatic rings. The molecule has 0 aliphatic heterocycles. The van der Waals surface area contributed by atoms with Crippen LogP contribution in [0.2, 0.25) is 0 Å². The van der Waals surface area contributed by atoms with Crippen LogP contribution in [0, 0.1) is 11.3 Å². The molecule has 0 aromatic carbocycles. The van der Waals surface area contributed by atoms with Crippen molar-refractivity contribution in [2.45, 2.75) is 46.0 Å². The molecule has 1 unspecified atom stereocenters. The van der Waals surface area contributed by atoms with E-state index >= 15 is 0 Å². The molecule has 0 bridgehead atoms. The van der Waals surface area contributed by atoms with Gasteiger partial charge in [0.05, 0.1) is 5.41 Å². The standard InChI is InChI=1S/C14H25NO4/c1-3-19-8-7-14(5-4-6-14)13(18)15-10-11(2)9-12(16)17/h11H,3-10H2,1-2H3,(H,15,18)(H,16,17). The topological polar surface area (TPSA) is 75.6 Å². The maximum absolute atomic E-state index is 12.2. The van der Waals surface area contributed by atoms with E-state index < -0.39 is 5.97 Å². The van der Waals surface area contributed by atoms with Crippen molar-refractivity contribution in [1.82, 2.24) is 5.32 Å². The van der Waals surface area contributed by atoms with Gasteiger partial charge in [-0.15, -0.1) is 0 Å². The van der Waals surface area contributed by atoms with Gasteiger partial charge in [-0.25, -0.2) is 0 Å². The minimum absolute atomic E-state index is 0.0366.